The SMILES string of the molecule is O=C(O)c1ccc(Cn2cccn2)cc1OCc1ccccc1. The molecule has 0 radical (unpaired) electrons. The van der Waals surface area contributed by atoms with Crippen molar-refractivity contribution in [3.8, 4) is 5.75 Å². The normalized spacial score (nSPS) is 10.4. The Morgan fingerprint density at radius 2 is 1.91 bits per heavy atom. The third-order valence-electron chi connectivity index (χ3n) is 3.42. The quantitative estimate of drug-likeness (QED) is 0.759. The molecule has 0 spiro atoms. The summed E-state index contributed by atoms with van der Waals surface area (Å²) in [6.45, 7) is 0.890. The molecule has 1 aromatic heterocycles. The smallest absolute Gasteiger partial charge is 0.339 e. The zero-order valence-electron chi connectivity index (χ0n) is 12.4. The van der Waals surface area contributed by atoms with E-state index in [0.29, 0.717) is 18.9 Å². The maximum absolute atomic E-state index is 11.4. The summed E-state index contributed by atoms with van der Waals surface area (Å²) in [5.41, 5.74) is 2.08. The van der Waals surface area contributed by atoms with Crippen LogP contribution >= 0.6 is 0 Å². The maximum Gasteiger partial charge on any atom is 0.339 e. The van der Waals surface area contributed by atoms with Gasteiger partial charge in [0.25, 0.3) is 0 Å². The van der Waals surface area contributed by atoms with Crippen molar-refractivity contribution in [2.75, 3.05) is 0 Å². The zero-order valence-corrected chi connectivity index (χ0v) is 12.4. The largest absolute Gasteiger partial charge is 0.488 e. The predicted octanol–water partition coefficient (Wildman–Crippen LogP) is 3.21. The molecule has 0 aliphatic rings. The number of carboxylic acids is 1. The molecular formula is C18H16N2O3. The Hall–Kier alpha value is -3.08. The van der Waals surface area contributed by atoms with Crippen LogP contribution in [-0.2, 0) is 13.2 Å². The summed E-state index contributed by atoms with van der Waals surface area (Å²) in [5.74, 6) is -0.635. The molecule has 0 saturated carbocycles. The molecule has 5 heteroatoms. The van der Waals surface area contributed by atoms with Crippen LogP contribution in [0.2, 0.25) is 0 Å². The Bertz CT molecular complexity index is 783. The number of aromatic nitrogens is 2. The lowest BCUT2D eigenvalue weighted by molar-refractivity contribution is 0.0691. The van der Waals surface area contributed by atoms with E-state index < -0.39 is 5.97 Å². The molecule has 0 aliphatic carbocycles. The van der Waals surface area contributed by atoms with Gasteiger partial charge in [0.2, 0.25) is 0 Å². The minimum absolute atomic E-state index is 0.158. The van der Waals surface area contributed by atoms with E-state index >= 15 is 0 Å². The Balaban J connectivity index is 1.81. The van der Waals surface area contributed by atoms with Gasteiger partial charge in [0, 0.05) is 12.4 Å². The van der Waals surface area contributed by atoms with Gasteiger partial charge >= 0.3 is 5.97 Å². The first-order chi connectivity index (χ1) is 11.2. The molecule has 1 heterocycles. The third-order valence-corrected chi connectivity index (χ3v) is 3.42. The summed E-state index contributed by atoms with van der Waals surface area (Å²) in [6.07, 6.45) is 3.56. The molecule has 0 unspecified atom stereocenters. The summed E-state index contributed by atoms with van der Waals surface area (Å²) in [7, 11) is 0. The average molecular weight is 308 g/mol. The summed E-state index contributed by atoms with van der Waals surface area (Å²) in [6, 6.07) is 16.6. The van der Waals surface area contributed by atoms with Gasteiger partial charge in [-0.25, -0.2) is 4.79 Å². The van der Waals surface area contributed by atoms with Crippen molar-refractivity contribution in [3.63, 3.8) is 0 Å². The van der Waals surface area contributed by atoms with Crippen molar-refractivity contribution in [2.24, 2.45) is 0 Å². The van der Waals surface area contributed by atoms with Gasteiger partial charge < -0.3 is 9.84 Å². The highest BCUT2D eigenvalue weighted by Crippen LogP contribution is 2.22. The number of hydrogen-bond acceptors (Lipinski definition) is 3. The number of ether oxygens (including phenoxy) is 1. The number of benzene rings is 2. The maximum atomic E-state index is 11.4. The van der Waals surface area contributed by atoms with Crippen molar-refractivity contribution in [1.29, 1.82) is 0 Å². The number of carbonyl (C=O) groups is 1. The third kappa shape index (κ3) is 3.77. The molecule has 3 rings (SSSR count). The molecule has 0 fully saturated rings. The fraction of sp³-hybridized carbons (Fsp3) is 0.111. The van der Waals surface area contributed by atoms with Crippen LogP contribution in [0, 0.1) is 0 Å². The van der Waals surface area contributed by atoms with E-state index in [1.807, 2.05) is 42.6 Å². The summed E-state index contributed by atoms with van der Waals surface area (Å²) < 4.78 is 7.51. The molecule has 0 bridgehead atoms. The van der Waals surface area contributed by atoms with Crippen LogP contribution in [0.3, 0.4) is 0 Å². The highest BCUT2D eigenvalue weighted by molar-refractivity contribution is 5.91. The van der Waals surface area contributed by atoms with Crippen LogP contribution in [0.4, 0.5) is 0 Å². The van der Waals surface area contributed by atoms with Crippen molar-refractivity contribution < 1.29 is 14.6 Å². The first-order valence-electron chi connectivity index (χ1n) is 7.23. The second kappa shape index (κ2) is 6.79. The number of rotatable bonds is 6. The molecule has 3 aromatic rings. The van der Waals surface area contributed by atoms with E-state index in [2.05, 4.69) is 5.10 Å². The van der Waals surface area contributed by atoms with Crippen LogP contribution < -0.4 is 4.74 Å². The first kappa shape index (κ1) is 14.8. The van der Waals surface area contributed by atoms with Crippen molar-refractivity contribution in [2.45, 2.75) is 13.2 Å². The van der Waals surface area contributed by atoms with Gasteiger partial charge in [0.05, 0.1) is 6.54 Å². The molecule has 116 valence electrons. The van der Waals surface area contributed by atoms with E-state index in [1.165, 1.54) is 0 Å². The van der Waals surface area contributed by atoms with Crippen molar-refractivity contribution >= 4 is 5.97 Å². The monoisotopic (exact) mass is 308 g/mol. The lowest BCUT2D eigenvalue weighted by atomic mass is 10.1. The minimum atomic E-state index is -1.00. The zero-order chi connectivity index (χ0) is 16.1. The Kier molecular flexibility index (Phi) is 4.38. The van der Waals surface area contributed by atoms with Crippen LogP contribution in [0.1, 0.15) is 21.5 Å². The molecule has 2 aromatic carbocycles. The lowest BCUT2D eigenvalue weighted by Gasteiger charge is -2.11. The van der Waals surface area contributed by atoms with Gasteiger partial charge in [-0.05, 0) is 29.3 Å². The Labute approximate surface area is 133 Å². The van der Waals surface area contributed by atoms with Gasteiger partial charge in [-0.15, -0.1) is 0 Å². The van der Waals surface area contributed by atoms with E-state index in [-0.39, 0.29) is 5.56 Å². The molecule has 0 amide bonds. The highest BCUT2D eigenvalue weighted by Gasteiger charge is 2.12. The number of nitrogens with zero attached hydrogens (tertiary/aromatic N) is 2. The summed E-state index contributed by atoms with van der Waals surface area (Å²) >= 11 is 0. The first-order valence-corrected chi connectivity index (χ1v) is 7.23. The molecule has 1 N–H and O–H groups in total. The van der Waals surface area contributed by atoms with Crippen molar-refractivity contribution in [3.05, 3.63) is 83.7 Å². The molecule has 5 nitrogen and oxygen atoms in total. The molecule has 0 aliphatic heterocycles. The topological polar surface area (TPSA) is 64.3 Å². The van der Waals surface area contributed by atoms with Gasteiger partial charge in [0.1, 0.15) is 17.9 Å². The number of aromatic carboxylic acids is 1. The van der Waals surface area contributed by atoms with Crippen molar-refractivity contribution in [1.82, 2.24) is 9.78 Å². The number of carboxylic acid groups (broad SMARTS) is 1. The average Bonchev–Trinajstić information content (AvgIpc) is 3.07. The van der Waals surface area contributed by atoms with Crippen LogP contribution in [0.25, 0.3) is 0 Å². The van der Waals surface area contributed by atoms with E-state index in [4.69, 9.17) is 4.74 Å². The molecule has 0 saturated heterocycles. The highest BCUT2D eigenvalue weighted by atomic mass is 16.5. The second-order valence-electron chi connectivity index (χ2n) is 5.11. The fourth-order valence-corrected chi connectivity index (χ4v) is 2.28. The summed E-state index contributed by atoms with van der Waals surface area (Å²) in [5, 5.41) is 13.5. The van der Waals surface area contributed by atoms with E-state index in [0.717, 1.165) is 11.1 Å². The standard InChI is InChI=1S/C18H16N2O3/c21-18(22)16-8-7-15(12-20-10-4-9-19-20)11-17(16)23-13-14-5-2-1-3-6-14/h1-11H,12-13H2,(H,21,22). The van der Waals surface area contributed by atoms with Crippen LogP contribution in [-0.4, -0.2) is 20.9 Å². The van der Waals surface area contributed by atoms with Gasteiger partial charge in [-0.2, -0.15) is 5.10 Å². The van der Waals surface area contributed by atoms with Crippen LogP contribution in [0.5, 0.6) is 5.75 Å². The molecule has 0 atom stereocenters. The van der Waals surface area contributed by atoms with E-state index in [9.17, 15) is 9.90 Å². The lowest BCUT2D eigenvalue weighted by Crippen LogP contribution is -2.06. The fourth-order valence-electron chi connectivity index (χ4n) is 2.28. The van der Waals surface area contributed by atoms with Crippen LogP contribution in [0.15, 0.2) is 67.0 Å². The molecule has 23 heavy (non-hydrogen) atoms. The van der Waals surface area contributed by atoms with E-state index in [1.54, 1.807) is 29.1 Å². The van der Waals surface area contributed by atoms with Gasteiger partial charge in [-0.1, -0.05) is 36.4 Å². The minimum Gasteiger partial charge on any atom is -0.488 e. The second-order valence-corrected chi connectivity index (χ2v) is 5.11. The predicted molar refractivity (Wildman–Crippen MR) is 85.5 cm³/mol. The van der Waals surface area contributed by atoms with Gasteiger partial charge in [0.15, 0.2) is 0 Å². The molecular weight excluding hydrogens is 292 g/mol. The number of hydrogen-bond donors (Lipinski definition) is 1. The summed E-state index contributed by atoms with van der Waals surface area (Å²) in [4.78, 5) is 11.4. The Morgan fingerprint density at radius 3 is 2.61 bits per heavy atom. The Morgan fingerprint density at radius 1 is 1.09 bits per heavy atom. The van der Waals surface area contributed by atoms with Gasteiger partial charge in [-0.3, -0.25) is 4.68 Å².